The number of carbonyl (C=O) groups is 1. The molecule has 31 heavy (non-hydrogen) atoms. The molecule has 0 atom stereocenters. The third-order valence-electron chi connectivity index (χ3n) is 4.58. The van der Waals surface area contributed by atoms with Gasteiger partial charge in [0.15, 0.2) is 0 Å². The van der Waals surface area contributed by atoms with E-state index in [1.807, 2.05) is 18.2 Å². The number of hydrogen-bond donors (Lipinski definition) is 2. The lowest BCUT2D eigenvalue weighted by Crippen LogP contribution is -2.25. The van der Waals surface area contributed by atoms with Crippen molar-refractivity contribution in [2.45, 2.75) is 17.7 Å². The number of anilines is 1. The van der Waals surface area contributed by atoms with Crippen LogP contribution in [0.3, 0.4) is 0 Å². The Bertz CT molecular complexity index is 1050. The number of benzene rings is 3. The second-order valence-corrected chi connectivity index (χ2v) is 8.64. The number of amides is 1. The molecule has 0 spiro atoms. The molecule has 0 aliphatic rings. The molecule has 0 heterocycles. The highest BCUT2D eigenvalue weighted by molar-refractivity contribution is 7.92. The summed E-state index contributed by atoms with van der Waals surface area (Å²) in [7, 11) is -3.65. The van der Waals surface area contributed by atoms with Crippen LogP contribution in [0.25, 0.3) is 0 Å². The molecule has 2 N–H and O–H groups in total. The predicted octanol–water partition coefficient (Wildman–Crippen LogP) is 3.87. The van der Waals surface area contributed by atoms with E-state index in [2.05, 4.69) is 22.2 Å². The third kappa shape index (κ3) is 7.24. The number of ether oxygens (including phenoxy) is 1. The lowest BCUT2D eigenvalue weighted by Gasteiger charge is -2.09. The second kappa shape index (κ2) is 11.3. The van der Waals surface area contributed by atoms with E-state index in [9.17, 15) is 13.2 Å². The van der Waals surface area contributed by atoms with Gasteiger partial charge in [0.05, 0.1) is 11.5 Å². The zero-order valence-corrected chi connectivity index (χ0v) is 18.0. The summed E-state index contributed by atoms with van der Waals surface area (Å²) in [6, 6.07) is 24.6. The minimum absolute atomic E-state index is 0.183. The molecule has 0 unspecified atom stereocenters. The van der Waals surface area contributed by atoms with Crippen molar-refractivity contribution in [1.82, 2.24) is 5.32 Å². The van der Waals surface area contributed by atoms with Crippen LogP contribution in [0, 0.1) is 0 Å². The van der Waals surface area contributed by atoms with Crippen molar-refractivity contribution in [1.29, 1.82) is 0 Å². The molecule has 0 bridgehead atoms. The first-order valence-electron chi connectivity index (χ1n) is 10.1. The molecule has 162 valence electrons. The predicted molar refractivity (Wildman–Crippen MR) is 122 cm³/mol. The Labute approximate surface area is 183 Å². The SMILES string of the molecule is O=C(NCCCOCCc1ccccc1)c1ccc(NS(=O)(=O)c2ccccc2)cc1. The highest BCUT2D eigenvalue weighted by atomic mass is 32.2. The van der Waals surface area contributed by atoms with E-state index in [0.29, 0.717) is 31.0 Å². The fourth-order valence-electron chi connectivity index (χ4n) is 2.92. The summed E-state index contributed by atoms with van der Waals surface area (Å²) in [4.78, 5) is 12.4. The van der Waals surface area contributed by atoms with Gasteiger partial charge < -0.3 is 10.1 Å². The van der Waals surface area contributed by atoms with Crippen LogP contribution >= 0.6 is 0 Å². The number of sulfonamides is 1. The molecule has 0 aliphatic carbocycles. The molecule has 3 aromatic carbocycles. The summed E-state index contributed by atoms with van der Waals surface area (Å²) in [6.45, 7) is 1.73. The Kier molecular flexibility index (Phi) is 8.20. The normalized spacial score (nSPS) is 11.1. The lowest BCUT2D eigenvalue weighted by atomic mass is 10.2. The molecule has 3 aromatic rings. The Hall–Kier alpha value is -3.16. The average Bonchev–Trinajstić information content (AvgIpc) is 2.80. The molecular formula is C24H26N2O4S. The van der Waals surface area contributed by atoms with E-state index in [-0.39, 0.29) is 10.8 Å². The largest absolute Gasteiger partial charge is 0.381 e. The topological polar surface area (TPSA) is 84.5 Å². The lowest BCUT2D eigenvalue weighted by molar-refractivity contribution is 0.0942. The smallest absolute Gasteiger partial charge is 0.261 e. The molecule has 0 saturated heterocycles. The summed E-state index contributed by atoms with van der Waals surface area (Å²) >= 11 is 0. The molecule has 0 saturated carbocycles. The third-order valence-corrected chi connectivity index (χ3v) is 5.98. The van der Waals surface area contributed by atoms with Crippen molar-refractivity contribution in [2.75, 3.05) is 24.5 Å². The van der Waals surface area contributed by atoms with E-state index in [0.717, 1.165) is 12.8 Å². The fraction of sp³-hybridized carbons (Fsp3) is 0.208. The van der Waals surface area contributed by atoms with Crippen LogP contribution in [0.2, 0.25) is 0 Å². The van der Waals surface area contributed by atoms with Gasteiger partial charge in [0.2, 0.25) is 0 Å². The van der Waals surface area contributed by atoms with Gasteiger partial charge in [-0.15, -0.1) is 0 Å². The molecule has 0 radical (unpaired) electrons. The summed E-state index contributed by atoms with van der Waals surface area (Å²) in [5.41, 5.74) is 2.10. The first-order chi connectivity index (χ1) is 15.0. The standard InChI is InChI=1S/C24H26N2O4S/c27-24(25-17-7-18-30-19-16-20-8-3-1-4-9-20)21-12-14-22(15-13-21)26-31(28,29)23-10-5-2-6-11-23/h1-6,8-15,26H,7,16-19H2,(H,25,27). The van der Waals surface area contributed by atoms with E-state index >= 15 is 0 Å². The van der Waals surface area contributed by atoms with Gasteiger partial charge in [-0.05, 0) is 54.8 Å². The maximum Gasteiger partial charge on any atom is 0.261 e. The van der Waals surface area contributed by atoms with E-state index in [4.69, 9.17) is 4.74 Å². The van der Waals surface area contributed by atoms with Gasteiger partial charge >= 0.3 is 0 Å². The van der Waals surface area contributed by atoms with Gasteiger partial charge in [-0.3, -0.25) is 9.52 Å². The summed E-state index contributed by atoms with van der Waals surface area (Å²) in [5.74, 6) is -0.207. The molecule has 6 nitrogen and oxygen atoms in total. The second-order valence-electron chi connectivity index (χ2n) is 6.95. The maximum absolute atomic E-state index is 12.3. The molecule has 3 rings (SSSR count). The minimum atomic E-state index is -3.65. The van der Waals surface area contributed by atoms with Gasteiger partial charge in [0.1, 0.15) is 0 Å². The Balaban J connectivity index is 1.37. The van der Waals surface area contributed by atoms with Gasteiger partial charge in [-0.2, -0.15) is 0 Å². The van der Waals surface area contributed by atoms with Crippen LogP contribution < -0.4 is 10.0 Å². The van der Waals surface area contributed by atoms with Crippen LogP contribution in [0.5, 0.6) is 0 Å². The fourth-order valence-corrected chi connectivity index (χ4v) is 4.00. The van der Waals surface area contributed by atoms with Crippen molar-refractivity contribution < 1.29 is 17.9 Å². The van der Waals surface area contributed by atoms with Crippen LogP contribution in [0.15, 0.2) is 89.8 Å². The summed E-state index contributed by atoms with van der Waals surface area (Å²) in [6.07, 6.45) is 1.59. The van der Waals surface area contributed by atoms with Crippen LogP contribution in [0.1, 0.15) is 22.3 Å². The van der Waals surface area contributed by atoms with Gasteiger partial charge in [0.25, 0.3) is 15.9 Å². The maximum atomic E-state index is 12.3. The molecule has 0 aliphatic heterocycles. The average molecular weight is 439 g/mol. The van der Waals surface area contributed by atoms with Gasteiger partial charge in [-0.25, -0.2) is 8.42 Å². The molecule has 0 fully saturated rings. The molecule has 7 heteroatoms. The Morgan fingerprint density at radius 2 is 1.45 bits per heavy atom. The van der Waals surface area contributed by atoms with E-state index in [1.165, 1.54) is 17.7 Å². The van der Waals surface area contributed by atoms with Crippen molar-refractivity contribution in [3.63, 3.8) is 0 Å². The zero-order chi connectivity index (χ0) is 21.9. The van der Waals surface area contributed by atoms with Crippen LogP contribution in [-0.4, -0.2) is 34.1 Å². The zero-order valence-electron chi connectivity index (χ0n) is 17.2. The number of carbonyl (C=O) groups excluding carboxylic acids is 1. The van der Waals surface area contributed by atoms with Crippen molar-refractivity contribution in [3.8, 4) is 0 Å². The van der Waals surface area contributed by atoms with Crippen molar-refractivity contribution in [2.24, 2.45) is 0 Å². The Morgan fingerprint density at radius 3 is 2.13 bits per heavy atom. The van der Waals surface area contributed by atoms with Crippen LogP contribution in [-0.2, 0) is 21.2 Å². The van der Waals surface area contributed by atoms with Crippen molar-refractivity contribution in [3.05, 3.63) is 96.1 Å². The number of nitrogens with one attached hydrogen (secondary N) is 2. The quantitative estimate of drug-likeness (QED) is 0.445. The van der Waals surface area contributed by atoms with Gasteiger partial charge in [-0.1, -0.05) is 48.5 Å². The van der Waals surface area contributed by atoms with Crippen LogP contribution in [0.4, 0.5) is 5.69 Å². The number of rotatable bonds is 11. The van der Waals surface area contributed by atoms with Gasteiger partial charge in [0, 0.05) is 24.4 Å². The van der Waals surface area contributed by atoms with E-state index < -0.39 is 10.0 Å². The summed E-state index contributed by atoms with van der Waals surface area (Å²) < 4.78 is 32.8. The monoisotopic (exact) mass is 438 g/mol. The summed E-state index contributed by atoms with van der Waals surface area (Å²) in [5, 5.41) is 2.84. The first kappa shape index (κ1) is 22.5. The Morgan fingerprint density at radius 1 is 0.806 bits per heavy atom. The number of hydrogen-bond acceptors (Lipinski definition) is 4. The minimum Gasteiger partial charge on any atom is -0.381 e. The first-order valence-corrected chi connectivity index (χ1v) is 11.6. The molecular weight excluding hydrogens is 412 g/mol. The van der Waals surface area contributed by atoms with Crippen molar-refractivity contribution >= 4 is 21.6 Å². The molecule has 1 amide bonds. The van der Waals surface area contributed by atoms with E-state index in [1.54, 1.807) is 42.5 Å². The highest BCUT2D eigenvalue weighted by Crippen LogP contribution is 2.16. The molecule has 0 aromatic heterocycles. The highest BCUT2D eigenvalue weighted by Gasteiger charge is 2.13.